The van der Waals surface area contributed by atoms with Gasteiger partial charge in [-0.25, -0.2) is 0 Å². The van der Waals surface area contributed by atoms with E-state index in [1.54, 1.807) is 13.4 Å². The van der Waals surface area contributed by atoms with E-state index in [2.05, 4.69) is 36.6 Å². The molecule has 1 N–H and O–H groups in total. The molecule has 0 aliphatic heterocycles. The maximum atomic E-state index is 5.51. The summed E-state index contributed by atoms with van der Waals surface area (Å²) in [5, 5.41) is 3.39. The summed E-state index contributed by atoms with van der Waals surface area (Å²) in [6.07, 6.45) is 7.67. The third-order valence-electron chi connectivity index (χ3n) is 5.09. The largest absolute Gasteiger partial charge is 0.497 e. The summed E-state index contributed by atoms with van der Waals surface area (Å²) in [6.45, 7) is 1.05. The van der Waals surface area contributed by atoms with Gasteiger partial charge in [-0.1, -0.05) is 6.07 Å². The SMILES string of the molecule is CNCC(CCc1ccco1)C1CCCc2cc(OC)ccc21. The second-order valence-electron chi connectivity index (χ2n) is 6.50. The van der Waals surface area contributed by atoms with Crippen molar-refractivity contribution in [3.63, 3.8) is 0 Å². The molecule has 0 spiro atoms. The quantitative estimate of drug-likeness (QED) is 0.833. The van der Waals surface area contributed by atoms with E-state index in [1.807, 2.05) is 6.07 Å². The number of hydrogen-bond donors (Lipinski definition) is 1. The molecule has 3 rings (SSSR count). The lowest BCUT2D eigenvalue weighted by Gasteiger charge is -2.32. The minimum absolute atomic E-state index is 0.632. The second kappa shape index (κ2) is 7.69. The van der Waals surface area contributed by atoms with E-state index in [-0.39, 0.29) is 0 Å². The van der Waals surface area contributed by atoms with Crippen molar-refractivity contribution >= 4 is 0 Å². The first-order valence-corrected chi connectivity index (χ1v) is 8.65. The van der Waals surface area contributed by atoms with Crippen molar-refractivity contribution in [2.45, 2.75) is 38.0 Å². The molecule has 1 aromatic carbocycles. The molecule has 2 atom stereocenters. The highest BCUT2D eigenvalue weighted by Crippen LogP contribution is 2.39. The number of rotatable bonds is 7. The Kier molecular flexibility index (Phi) is 5.39. The van der Waals surface area contributed by atoms with Crippen LogP contribution in [0.5, 0.6) is 5.75 Å². The van der Waals surface area contributed by atoms with Gasteiger partial charge in [0.2, 0.25) is 0 Å². The van der Waals surface area contributed by atoms with Crippen molar-refractivity contribution in [1.82, 2.24) is 5.32 Å². The molecule has 1 aliphatic rings. The molecule has 0 saturated heterocycles. The van der Waals surface area contributed by atoms with Crippen LogP contribution in [-0.4, -0.2) is 20.7 Å². The maximum absolute atomic E-state index is 5.51. The number of ether oxygens (including phenoxy) is 1. The zero-order valence-electron chi connectivity index (χ0n) is 14.2. The Morgan fingerprint density at radius 2 is 2.26 bits per heavy atom. The summed E-state index contributed by atoms with van der Waals surface area (Å²) in [4.78, 5) is 0. The molecule has 0 bridgehead atoms. The van der Waals surface area contributed by atoms with Crippen LogP contribution in [0.25, 0.3) is 0 Å². The van der Waals surface area contributed by atoms with Crippen LogP contribution < -0.4 is 10.1 Å². The summed E-state index contributed by atoms with van der Waals surface area (Å²) in [5.41, 5.74) is 3.00. The lowest BCUT2D eigenvalue weighted by atomic mass is 9.74. The molecule has 0 radical (unpaired) electrons. The van der Waals surface area contributed by atoms with Crippen molar-refractivity contribution in [2.75, 3.05) is 20.7 Å². The van der Waals surface area contributed by atoms with E-state index < -0.39 is 0 Å². The number of nitrogens with one attached hydrogen (secondary N) is 1. The highest BCUT2D eigenvalue weighted by molar-refractivity contribution is 5.39. The zero-order chi connectivity index (χ0) is 16.1. The molecule has 3 nitrogen and oxygen atoms in total. The smallest absolute Gasteiger partial charge is 0.119 e. The molecular formula is C20H27NO2. The number of aryl methyl sites for hydroxylation is 2. The fraction of sp³-hybridized carbons (Fsp3) is 0.500. The number of furan rings is 1. The first kappa shape index (κ1) is 16.1. The number of hydrogen-bond acceptors (Lipinski definition) is 3. The van der Waals surface area contributed by atoms with Gasteiger partial charge in [0.1, 0.15) is 11.5 Å². The van der Waals surface area contributed by atoms with E-state index in [0.29, 0.717) is 11.8 Å². The summed E-state index contributed by atoms with van der Waals surface area (Å²) in [7, 11) is 3.80. The Balaban J connectivity index is 1.77. The van der Waals surface area contributed by atoms with Crippen LogP contribution in [0.15, 0.2) is 41.0 Å². The minimum Gasteiger partial charge on any atom is -0.497 e. The third kappa shape index (κ3) is 3.78. The van der Waals surface area contributed by atoms with Crippen LogP contribution in [0, 0.1) is 5.92 Å². The molecule has 1 aliphatic carbocycles. The summed E-state index contributed by atoms with van der Waals surface area (Å²) >= 11 is 0. The molecule has 124 valence electrons. The Morgan fingerprint density at radius 1 is 1.35 bits per heavy atom. The molecule has 3 heteroatoms. The lowest BCUT2D eigenvalue weighted by molar-refractivity contribution is 0.337. The van der Waals surface area contributed by atoms with E-state index in [0.717, 1.165) is 30.9 Å². The van der Waals surface area contributed by atoms with Gasteiger partial charge in [0.05, 0.1) is 13.4 Å². The molecule has 0 amide bonds. The summed E-state index contributed by atoms with van der Waals surface area (Å²) in [6, 6.07) is 10.7. The third-order valence-corrected chi connectivity index (χ3v) is 5.09. The van der Waals surface area contributed by atoms with Gasteiger partial charge in [0.15, 0.2) is 0 Å². The molecule has 1 aromatic heterocycles. The van der Waals surface area contributed by atoms with Gasteiger partial charge >= 0.3 is 0 Å². The van der Waals surface area contributed by atoms with Crippen molar-refractivity contribution in [3.8, 4) is 5.75 Å². The van der Waals surface area contributed by atoms with Crippen molar-refractivity contribution in [3.05, 3.63) is 53.5 Å². The normalized spacial score (nSPS) is 18.4. The van der Waals surface area contributed by atoms with Crippen molar-refractivity contribution < 1.29 is 9.15 Å². The van der Waals surface area contributed by atoms with Gasteiger partial charge in [0, 0.05) is 6.42 Å². The predicted molar refractivity (Wildman–Crippen MR) is 93.1 cm³/mol. The monoisotopic (exact) mass is 313 g/mol. The fourth-order valence-electron chi connectivity index (χ4n) is 3.94. The van der Waals surface area contributed by atoms with Crippen LogP contribution in [-0.2, 0) is 12.8 Å². The molecule has 1 heterocycles. The van der Waals surface area contributed by atoms with Crippen LogP contribution in [0.4, 0.5) is 0 Å². The standard InChI is InChI=1S/C20H27NO2/c1-21-14-16(8-9-17-6-4-12-23-17)19-7-3-5-15-13-18(22-2)10-11-20(15)19/h4,6,10-13,16,19,21H,3,5,7-9,14H2,1-2H3. The molecule has 23 heavy (non-hydrogen) atoms. The highest BCUT2D eigenvalue weighted by Gasteiger charge is 2.27. The van der Waals surface area contributed by atoms with Gasteiger partial charge < -0.3 is 14.5 Å². The van der Waals surface area contributed by atoms with E-state index in [1.165, 1.54) is 30.4 Å². The molecule has 2 aromatic rings. The van der Waals surface area contributed by atoms with Gasteiger partial charge in [-0.3, -0.25) is 0 Å². The number of fused-ring (bicyclic) bond motifs is 1. The molecule has 2 unspecified atom stereocenters. The van der Waals surface area contributed by atoms with Gasteiger partial charge in [-0.05, 0) is 86.5 Å². The highest BCUT2D eigenvalue weighted by atomic mass is 16.5. The predicted octanol–water partition coefficient (Wildman–Crippen LogP) is 4.18. The minimum atomic E-state index is 0.632. The maximum Gasteiger partial charge on any atom is 0.119 e. The van der Waals surface area contributed by atoms with E-state index >= 15 is 0 Å². The van der Waals surface area contributed by atoms with Crippen molar-refractivity contribution in [2.24, 2.45) is 5.92 Å². The van der Waals surface area contributed by atoms with Gasteiger partial charge in [0.25, 0.3) is 0 Å². The van der Waals surface area contributed by atoms with Crippen LogP contribution in [0.1, 0.15) is 42.1 Å². The lowest BCUT2D eigenvalue weighted by Crippen LogP contribution is -2.27. The van der Waals surface area contributed by atoms with Gasteiger partial charge in [-0.2, -0.15) is 0 Å². The molecule has 0 saturated carbocycles. The van der Waals surface area contributed by atoms with Crippen LogP contribution in [0.2, 0.25) is 0 Å². The molecule has 0 fully saturated rings. The molecular weight excluding hydrogens is 286 g/mol. The second-order valence-corrected chi connectivity index (χ2v) is 6.50. The Morgan fingerprint density at radius 3 is 3.00 bits per heavy atom. The Bertz CT molecular complexity index is 606. The summed E-state index contributed by atoms with van der Waals surface area (Å²) < 4.78 is 10.9. The Hall–Kier alpha value is -1.74. The average Bonchev–Trinajstić information content (AvgIpc) is 3.11. The number of methoxy groups -OCH3 is 1. The average molecular weight is 313 g/mol. The first-order chi connectivity index (χ1) is 11.3. The topological polar surface area (TPSA) is 34.4 Å². The Labute approximate surface area is 139 Å². The van der Waals surface area contributed by atoms with E-state index in [9.17, 15) is 0 Å². The fourth-order valence-corrected chi connectivity index (χ4v) is 3.94. The zero-order valence-corrected chi connectivity index (χ0v) is 14.2. The first-order valence-electron chi connectivity index (χ1n) is 8.65. The van der Waals surface area contributed by atoms with E-state index in [4.69, 9.17) is 9.15 Å². The summed E-state index contributed by atoms with van der Waals surface area (Å²) in [5.74, 6) is 3.34. The van der Waals surface area contributed by atoms with Crippen molar-refractivity contribution in [1.29, 1.82) is 0 Å². The van der Waals surface area contributed by atoms with Gasteiger partial charge in [-0.15, -0.1) is 0 Å². The van der Waals surface area contributed by atoms with Crippen LogP contribution in [0.3, 0.4) is 0 Å². The number of benzene rings is 1. The van der Waals surface area contributed by atoms with Crippen LogP contribution >= 0.6 is 0 Å².